The molecule has 0 radical (unpaired) electrons. The summed E-state index contributed by atoms with van der Waals surface area (Å²) in [6.45, 7) is 7.89. The summed E-state index contributed by atoms with van der Waals surface area (Å²) in [7, 11) is 0. The Morgan fingerprint density at radius 3 is 2.85 bits per heavy atom. The van der Waals surface area contributed by atoms with Crippen LogP contribution < -0.4 is 0 Å². The number of nitrogens with zero attached hydrogens (tertiary/aromatic N) is 3. The van der Waals surface area contributed by atoms with E-state index in [0.717, 1.165) is 28.8 Å². The molecule has 20 heavy (non-hydrogen) atoms. The van der Waals surface area contributed by atoms with Crippen molar-refractivity contribution in [3.63, 3.8) is 0 Å². The maximum absolute atomic E-state index is 5.53. The van der Waals surface area contributed by atoms with E-state index in [1.807, 2.05) is 12.3 Å². The third-order valence-electron chi connectivity index (χ3n) is 4.28. The number of H-pyrrole nitrogens is 1. The molecule has 2 aromatic heterocycles. The van der Waals surface area contributed by atoms with Crippen molar-refractivity contribution >= 4 is 23.4 Å². The third kappa shape index (κ3) is 2.40. The van der Waals surface area contributed by atoms with Crippen molar-refractivity contribution in [2.45, 2.75) is 39.2 Å². The van der Waals surface area contributed by atoms with Gasteiger partial charge in [0.1, 0.15) is 0 Å². The molecule has 108 valence electrons. The van der Waals surface area contributed by atoms with Gasteiger partial charge in [-0.3, -0.25) is 4.57 Å². The van der Waals surface area contributed by atoms with E-state index in [1.165, 1.54) is 31.6 Å². The van der Waals surface area contributed by atoms with Gasteiger partial charge >= 0.3 is 0 Å². The molecule has 0 aliphatic carbocycles. The lowest BCUT2D eigenvalue weighted by atomic mass is 10.0. The molecule has 1 fully saturated rings. The molecular formula is C15H22N4S. The van der Waals surface area contributed by atoms with E-state index >= 15 is 0 Å². The van der Waals surface area contributed by atoms with Gasteiger partial charge < -0.3 is 9.88 Å². The van der Waals surface area contributed by atoms with E-state index in [1.54, 1.807) is 0 Å². The molecule has 0 aromatic carbocycles. The van der Waals surface area contributed by atoms with Crippen LogP contribution in [0.4, 0.5) is 0 Å². The van der Waals surface area contributed by atoms with Gasteiger partial charge in [-0.25, -0.2) is 4.98 Å². The van der Waals surface area contributed by atoms with Crippen LogP contribution in [0.2, 0.25) is 0 Å². The Morgan fingerprint density at radius 2 is 2.15 bits per heavy atom. The molecule has 2 aromatic rings. The van der Waals surface area contributed by atoms with Crippen molar-refractivity contribution in [2.24, 2.45) is 0 Å². The van der Waals surface area contributed by atoms with Crippen LogP contribution in [0.3, 0.4) is 0 Å². The average molecular weight is 290 g/mol. The number of aryl methyl sites for hydroxylation is 1. The Kier molecular flexibility index (Phi) is 3.89. The molecule has 0 unspecified atom stereocenters. The van der Waals surface area contributed by atoms with Crippen LogP contribution in [0.1, 0.15) is 37.8 Å². The van der Waals surface area contributed by atoms with Crippen molar-refractivity contribution < 1.29 is 0 Å². The molecule has 3 heterocycles. The van der Waals surface area contributed by atoms with Gasteiger partial charge in [-0.15, -0.1) is 0 Å². The first-order valence-corrected chi connectivity index (χ1v) is 7.89. The van der Waals surface area contributed by atoms with Gasteiger partial charge in [0.25, 0.3) is 0 Å². The molecule has 1 saturated heterocycles. The van der Waals surface area contributed by atoms with Gasteiger partial charge in [0.2, 0.25) is 0 Å². The number of aromatic nitrogens is 3. The van der Waals surface area contributed by atoms with Gasteiger partial charge in [0, 0.05) is 25.3 Å². The molecule has 0 amide bonds. The molecule has 1 aliphatic rings. The highest BCUT2D eigenvalue weighted by atomic mass is 32.1. The summed E-state index contributed by atoms with van der Waals surface area (Å²) in [5.74, 6) is 0. The second-order valence-electron chi connectivity index (χ2n) is 5.70. The van der Waals surface area contributed by atoms with Gasteiger partial charge in [0.05, 0.1) is 5.52 Å². The standard InChI is InChI=1S/C15H22N4S/c1-3-8-18-9-5-12(6-10-18)19-14-13(17-15(19)20)11(2)4-7-16-14/h4,7,12H,3,5-6,8-10H2,1-2H3,(H,17,20). The molecule has 1 N–H and O–H groups in total. The Hall–Kier alpha value is -1.20. The van der Waals surface area contributed by atoms with Crippen LogP contribution in [0.15, 0.2) is 12.3 Å². The van der Waals surface area contributed by atoms with Crippen molar-refractivity contribution in [2.75, 3.05) is 19.6 Å². The van der Waals surface area contributed by atoms with E-state index in [4.69, 9.17) is 12.2 Å². The van der Waals surface area contributed by atoms with Gasteiger partial charge in [-0.05, 0) is 56.6 Å². The summed E-state index contributed by atoms with van der Waals surface area (Å²) in [5, 5.41) is 0. The minimum atomic E-state index is 0.485. The van der Waals surface area contributed by atoms with Crippen LogP contribution in [-0.2, 0) is 0 Å². The summed E-state index contributed by atoms with van der Waals surface area (Å²) in [4.78, 5) is 10.4. The summed E-state index contributed by atoms with van der Waals surface area (Å²) in [5.41, 5.74) is 3.32. The fourth-order valence-electron chi connectivity index (χ4n) is 3.20. The summed E-state index contributed by atoms with van der Waals surface area (Å²) in [6.07, 6.45) is 5.44. The summed E-state index contributed by atoms with van der Waals surface area (Å²) >= 11 is 5.53. The van der Waals surface area contributed by atoms with Crippen molar-refractivity contribution in [3.8, 4) is 0 Å². The van der Waals surface area contributed by atoms with Crippen molar-refractivity contribution in [1.82, 2.24) is 19.4 Å². The fraction of sp³-hybridized carbons (Fsp3) is 0.600. The Balaban J connectivity index is 1.90. The number of pyridine rings is 1. The zero-order valence-corrected chi connectivity index (χ0v) is 13.0. The molecule has 1 aliphatic heterocycles. The van der Waals surface area contributed by atoms with E-state index in [2.05, 4.69) is 33.3 Å². The summed E-state index contributed by atoms with van der Waals surface area (Å²) < 4.78 is 3.05. The lowest BCUT2D eigenvalue weighted by Gasteiger charge is -2.32. The lowest BCUT2D eigenvalue weighted by Crippen LogP contribution is -2.35. The van der Waals surface area contributed by atoms with Crippen LogP contribution in [-0.4, -0.2) is 39.1 Å². The maximum Gasteiger partial charge on any atom is 0.179 e. The molecular weight excluding hydrogens is 268 g/mol. The number of imidazole rings is 1. The number of nitrogens with one attached hydrogen (secondary N) is 1. The number of likely N-dealkylation sites (tertiary alicyclic amines) is 1. The number of fused-ring (bicyclic) bond motifs is 1. The van der Waals surface area contributed by atoms with E-state index in [-0.39, 0.29) is 0 Å². The monoisotopic (exact) mass is 290 g/mol. The quantitative estimate of drug-likeness (QED) is 0.880. The molecule has 5 heteroatoms. The number of aromatic amines is 1. The second-order valence-corrected chi connectivity index (χ2v) is 6.09. The first-order valence-electron chi connectivity index (χ1n) is 7.49. The van der Waals surface area contributed by atoms with Crippen molar-refractivity contribution in [1.29, 1.82) is 0 Å². The average Bonchev–Trinajstić information content (AvgIpc) is 2.78. The third-order valence-corrected chi connectivity index (χ3v) is 4.58. The van der Waals surface area contributed by atoms with Gasteiger partial charge in [0.15, 0.2) is 10.4 Å². The smallest absolute Gasteiger partial charge is 0.179 e. The van der Waals surface area contributed by atoms with Gasteiger partial charge in [-0.2, -0.15) is 0 Å². The predicted molar refractivity (Wildman–Crippen MR) is 84.7 cm³/mol. The zero-order valence-electron chi connectivity index (χ0n) is 12.2. The first-order chi connectivity index (χ1) is 9.70. The minimum absolute atomic E-state index is 0.485. The predicted octanol–water partition coefficient (Wildman–Crippen LogP) is 3.45. The molecule has 0 atom stereocenters. The minimum Gasteiger partial charge on any atom is -0.329 e. The zero-order chi connectivity index (χ0) is 14.1. The Bertz CT molecular complexity index is 649. The SMILES string of the molecule is CCCN1CCC(n2c(=S)[nH]c3c(C)ccnc32)CC1. The van der Waals surface area contributed by atoms with Crippen LogP contribution in [0.25, 0.3) is 11.2 Å². The second kappa shape index (κ2) is 5.66. The van der Waals surface area contributed by atoms with E-state index in [0.29, 0.717) is 6.04 Å². The first kappa shape index (κ1) is 13.8. The van der Waals surface area contributed by atoms with E-state index < -0.39 is 0 Å². The highest BCUT2D eigenvalue weighted by Crippen LogP contribution is 2.27. The molecule has 0 spiro atoms. The molecule has 3 rings (SSSR count). The number of rotatable bonds is 3. The molecule has 0 saturated carbocycles. The topological polar surface area (TPSA) is 36.9 Å². The van der Waals surface area contributed by atoms with Crippen LogP contribution >= 0.6 is 12.2 Å². The number of hydrogen-bond acceptors (Lipinski definition) is 3. The fourth-order valence-corrected chi connectivity index (χ4v) is 3.54. The largest absolute Gasteiger partial charge is 0.329 e. The molecule has 4 nitrogen and oxygen atoms in total. The Labute approximate surface area is 124 Å². The van der Waals surface area contributed by atoms with Gasteiger partial charge in [-0.1, -0.05) is 6.92 Å². The number of piperidine rings is 1. The highest BCUT2D eigenvalue weighted by Gasteiger charge is 2.22. The maximum atomic E-state index is 5.53. The normalized spacial score (nSPS) is 17.9. The Morgan fingerprint density at radius 1 is 1.40 bits per heavy atom. The highest BCUT2D eigenvalue weighted by molar-refractivity contribution is 7.71. The van der Waals surface area contributed by atoms with E-state index in [9.17, 15) is 0 Å². The van der Waals surface area contributed by atoms with Crippen LogP contribution in [0.5, 0.6) is 0 Å². The summed E-state index contributed by atoms with van der Waals surface area (Å²) in [6, 6.07) is 2.51. The number of hydrogen-bond donors (Lipinski definition) is 1. The lowest BCUT2D eigenvalue weighted by molar-refractivity contribution is 0.188. The molecule has 0 bridgehead atoms. The van der Waals surface area contributed by atoms with Crippen LogP contribution in [0, 0.1) is 11.7 Å². The van der Waals surface area contributed by atoms with Crippen molar-refractivity contribution in [3.05, 3.63) is 22.6 Å².